The molecule has 2 amide bonds. The van der Waals surface area contributed by atoms with Gasteiger partial charge in [-0.05, 0) is 19.3 Å². The molecule has 2 rings (SSSR count). The molecule has 0 unspecified atom stereocenters. The minimum Gasteiger partial charge on any atom is -0.478 e. The van der Waals surface area contributed by atoms with Crippen molar-refractivity contribution in [2.45, 2.75) is 32.6 Å². The number of nitrogens with one attached hydrogen (secondary N) is 1. The standard InChI is InChI=1S/C16H22N2O5/c1-2-3-6-17-14(19)11-4-7-18(8-5-11)15(20)13-9-12(10-23-13)16(21)22/h9-11H,2-8H2,1H3,(H,17,19)(H,21,22). The number of carbonyl (C=O) groups excluding carboxylic acids is 2. The quantitative estimate of drug-likeness (QED) is 0.777. The van der Waals surface area contributed by atoms with Crippen LogP contribution in [0.3, 0.4) is 0 Å². The van der Waals surface area contributed by atoms with E-state index in [1.54, 1.807) is 4.90 Å². The maximum Gasteiger partial charge on any atom is 0.338 e. The first kappa shape index (κ1) is 17.1. The number of piperidine rings is 1. The summed E-state index contributed by atoms with van der Waals surface area (Å²) in [7, 11) is 0. The first-order chi connectivity index (χ1) is 11.0. The SMILES string of the molecule is CCCCNC(=O)C1CCN(C(=O)c2cc(C(=O)O)co2)CC1. The van der Waals surface area contributed by atoms with E-state index in [0.717, 1.165) is 19.1 Å². The fourth-order valence-electron chi connectivity index (χ4n) is 2.59. The molecule has 1 aliphatic rings. The summed E-state index contributed by atoms with van der Waals surface area (Å²) in [6.07, 6.45) is 4.28. The summed E-state index contributed by atoms with van der Waals surface area (Å²) in [5.41, 5.74) is -0.0430. The Morgan fingerprint density at radius 1 is 1.35 bits per heavy atom. The van der Waals surface area contributed by atoms with Crippen molar-refractivity contribution < 1.29 is 23.9 Å². The molecule has 0 spiro atoms. The highest BCUT2D eigenvalue weighted by Crippen LogP contribution is 2.20. The van der Waals surface area contributed by atoms with Crippen LogP contribution in [0.1, 0.15) is 53.5 Å². The number of rotatable bonds is 6. The van der Waals surface area contributed by atoms with Gasteiger partial charge in [-0.3, -0.25) is 9.59 Å². The molecule has 2 N–H and O–H groups in total. The monoisotopic (exact) mass is 322 g/mol. The third-order valence-corrected chi connectivity index (χ3v) is 4.04. The van der Waals surface area contributed by atoms with Gasteiger partial charge in [0.2, 0.25) is 5.91 Å². The summed E-state index contributed by atoms with van der Waals surface area (Å²) < 4.78 is 5.03. The number of amides is 2. The Morgan fingerprint density at radius 2 is 2.04 bits per heavy atom. The van der Waals surface area contributed by atoms with Crippen LogP contribution >= 0.6 is 0 Å². The molecule has 0 atom stereocenters. The summed E-state index contributed by atoms with van der Waals surface area (Å²) in [5.74, 6) is -1.45. The maximum atomic E-state index is 12.3. The first-order valence-electron chi connectivity index (χ1n) is 7.91. The fourth-order valence-corrected chi connectivity index (χ4v) is 2.59. The lowest BCUT2D eigenvalue weighted by Crippen LogP contribution is -2.43. The van der Waals surface area contributed by atoms with Gasteiger partial charge < -0.3 is 19.7 Å². The van der Waals surface area contributed by atoms with E-state index in [9.17, 15) is 14.4 Å². The van der Waals surface area contributed by atoms with Crippen molar-refractivity contribution >= 4 is 17.8 Å². The molecule has 1 saturated heterocycles. The number of nitrogens with zero attached hydrogens (tertiary/aromatic N) is 1. The van der Waals surface area contributed by atoms with Crippen LogP contribution in [0.25, 0.3) is 0 Å². The van der Waals surface area contributed by atoms with Crippen LogP contribution in [0, 0.1) is 5.92 Å². The molecule has 7 heteroatoms. The minimum atomic E-state index is -1.13. The van der Waals surface area contributed by atoms with Gasteiger partial charge in [0.25, 0.3) is 5.91 Å². The van der Waals surface area contributed by atoms with Gasteiger partial charge in [0.1, 0.15) is 6.26 Å². The number of carboxylic acid groups (broad SMARTS) is 1. The number of carbonyl (C=O) groups is 3. The first-order valence-corrected chi connectivity index (χ1v) is 7.91. The third-order valence-electron chi connectivity index (χ3n) is 4.04. The average molecular weight is 322 g/mol. The zero-order chi connectivity index (χ0) is 16.8. The summed E-state index contributed by atoms with van der Waals surface area (Å²) >= 11 is 0. The van der Waals surface area contributed by atoms with Crippen molar-refractivity contribution in [2.24, 2.45) is 5.92 Å². The Kier molecular flexibility index (Phi) is 5.78. The van der Waals surface area contributed by atoms with Crippen LogP contribution in [0.4, 0.5) is 0 Å². The molecule has 1 aromatic rings. The highest BCUT2D eigenvalue weighted by Gasteiger charge is 2.29. The summed E-state index contributed by atoms with van der Waals surface area (Å²) in [6, 6.07) is 1.23. The molecule has 0 radical (unpaired) electrons. The van der Waals surface area contributed by atoms with Gasteiger partial charge in [-0.15, -0.1) is 0 Å². The number of carboxylic acids is 1. The number of hydrogen-bond acceptors (Lipinski definition) is 4. The molecule has 126 valence electrons. The van der Waals surface area contributed by atoms with Crippen molar-refractivity contribution in [2.75, 3.05) is 19.6 Å². The maximum absolute atomic E-state index is 12.3. The van der Waals surface area contributed by atoms with Crippen LogP contribution in [-0.2, 0) is 4.79 Å². The summed E-state index contributed by atoms with van der Waals surface area (Å²) in [6.45, 7) is 3.70. The van der Waals surface area contributed by atoms with Crippen molar-refractivity contribution in [3.63, 3.8) is 0 Å². The second-order valence-electron chi connectivity index (χ2n) is 5.72. The smallest absolute Gasteiger partial charge is 0.338 e. The Bertz CT molecular complexity index is 573. The molecule has 1 aromatic heterocycles. The third kappa shape index (κ3) is 4.34. The van der Waals surface area contributed by atoms with Crippen LogP contribution in [0.2, 0.25) is 0 Å². The molecule has 2 heterocycles. The number of unbranched alkanes of at least 4 members (excludes halogenated alkanes) is 1. The molecule has 23 heavy (non-hydrogen) atoms. The lowest BCUT2D eigenvalue weighted by Gasteiger charge is -2.30. The minimum absolute atomic E-state index is 0.0215. The van der Waals surface area contributed by atoms with Gasteiger partial charge in [0, 0.05) is 31.6 Å². The predicted octanol–water partition coefficient (Wildman–Crippen LogP) is 1.75. The number of aromatic carboxylic acids is 1. The molecule has 0 bridgehead atoms. The van der Waals surface area contributed by atoms with Crippen LogP contribution < -0.4 is 5.32 Å². The lowest BCUT2D eigenvalue weighted by atomic mass is 9.95. The van der Waals surface area contributed by atoms with E-state index in [2.05, 4.69) is 12.2 Å². The van der Waals surface area contributed by atoms with Gasteiger partial charge in [-0.25, -0.2) is 4.79 Å². The molecule has 1 aliphatic heterocycles. The highest BCUT2D eigenvalue weighted by atomic mass is 16.4. The Hall–Kier alpha value is -2.31. The van der Waals surface area contributed by atoms with Crippen molar-refractivity contribution in [1.82, 2.24) is 10.2 Å². The van der Waals surface area contributed by atoms with Gasteiger partial charge >= 0.3 is 5.97 Å². The Labute approximate surface area is 134 Å². The fraction of sp³-hybridized carbons (Fsp3) is 0.562. The van der Waals surface area contributed by atoms with Gasteiger partial charge in [0.15, 0.2) is 5.76 Å². The Morgan fingerprint density at radius 3 is 2.61 bits per heavy atom. The predicted molar refractivity (Wildman–Crippen MR) is 82.2 cm³/mol. The van der Waals surface area contributed by atoms with Gasteiger partial charge in [-0.1, -0.05) is 13.3 Å². The van der Waals surface area contributed by atoms with E-state index in [1.807, 2.05) is 0 Å². The lowest BCUT2D eigenvalue weighted by molar-refractivity contribution is -0.126. The topological polar surface area (TPSA) is 99.9 Å². The zero-order valence-corrected chi connectivity index (χ0v) is 13.2. The molecule has 0 aliphatic carbocycles. The molecule has 0 saturated carbocycles. The van der Waals surface area contributed by atoms with E-state index in [-0.39, 0.29) is 29.1 Å². The summed E-state index contributed by atoms with van der Waals surface area (Å²) in [4.78, 5) is 36.7. The molecule has 1 fully saturated rings. The van der Waals surface area contributed by atoms with Crippen molar-refractivity contribution in [1.29, 1.82) is 0 Å². The van der Waals surface area contributed by atoms with E-state index in [1.165, 1.54) is 6.07 Å². The second-order valence-corrected chi connectivity index (χ2v) is 5.72. The molecule has 7 nitrogen and oxygen atoms in total. The highest BCUT2D eigenvalue weighted by molar-refractivity contribution is 5.95. The van der Waals surface area contributed by atoms with Crippen molar-refractivity contribution in [3.05, 3.63) is 23.7 Å². The van der Waals surface area contributed by atoms with E-state index < -0.39 is 5.97 Å². The Balaban J connectivity index is 1.84. The average Bonchev–Trinajstić information content (AvgIpc) is 3.05. The van der Waals surface area contributed by atoms with Crippen LogP contribution in [0.5, 0.6) is 0 Å². The largest absolute Gasteiger partial charge is 0.478 e. The number of likely N-dealkylation sites (tertiary alicyclic amines) is 1. The van der Waals surface area contributed by atoms with E-state index in [0.29, 0.717) is 32.5 Å². The second kappa shape index (κ2) is 7.80. The zero-order valence-electron chi connectivity index (χ0n) is 13.2. The van der Waals surface area contributed by atoms with Gasteiger partial charge in [-0.2, -0.15) is 0 Å². The van der Waals surface area contributed by atoms with E-state index in [4.69, 9.17) is 9.52 Å². The number of furan rings is 1. The molecular weight excluding hydrogens is 300 g/mol. The van der Waals surface area contributed by atoms with Crippen LogP contribution in [0.15, 0.2) is 16.7 Å². The molecule has 0 aromatic carbocycles. The normalized spacial score (nSPS) is 15.4. The van der Waals surface area contributed by atoms with E-state index >= 15 is 0 Å². The molecular formula is C16H22N2O5. The van der Waals surface area contributed by atoms with Crippen LogP contribution in [-0.4, -0.2) is 47.4 Å². The van der Waals surface area contributed by atoms with Crippen molar-refractivity contribution in [3.8, 4) is 0 Å². The summed E-state index contributed by atoms with van der Waals surface area (Å²) in [5, 5.41) is 11.8. The van der Waals surface area contributed by atoms with Gasteiger partial charge in [0.05, 0.1) is 5.56 Å². The number of hydrogen-bond donors (Lipinski definition) is 2.